The standard InChI is InChI=1S/C22H23N3O4/c1-29-18-11-9-16(10-12-18)6-5-13-23-19-14-24-21(17-7-3-2-4-8-17)25(22(19)28)15-20(26)27/h2-4,7-12,14,23H,5-6,13,15H2,1H3,(H,26,27). The number of carboxylic acids is 1. The van der Waals surface area contributed by atoms with E-state index >= 15 is 0 Å². The number of benzene rings is 2. The average molecular weight is 393 g/mol. The Morgan fingerprint density at radius 1 is 1.14 bits per heavy atom. The molecule has 0 radical (unpaired) electrons. The quantitative estimate of drug-likeness (QED) is 0.543. The van der Waals surface area contributed by atoms with Crippen LogP contribution in [0.25, 0.3) is 11.4 Å². The van der Waals surface area contributed by atoms with Gasteiger partial charge in [-0.05, 0) is 30.5 Å². The van der Waals surface area contributed by atoms with Gasteiger partial charge in [-0.1, -0.05) is 42.5 Å². The van der Waals surface area contributed by atoms with E-state index in [1.165, 1.54) is 16.3 Å². The molecule has 0 saturated heterocycles. The number of nitrogens with one attached hydrogen (secondary N) is 1. The molecule has 3 aromatic rings. The number of aromatic nitrogens is 2. The Kier molecular flexibility index (Phi) is 6.63. The van der Waals surface area contributed by atoms with E-state index < -0.39 is 18.1 Å². The summed E-state index contributed by atoms with van der Waals surface area (Å²) in [5.41, 5.74) is 1.76. The van der Waals surface area contributed by atoms with Crippen LogP contribution in [0.1, 0.15) is 12.0 Å². The van der Waals surface area contributed by atoms with Gasteiger partial charge in [0.2, 0.25) is 0 Å². The van der Waals surface area contributed by atoms with E-state index in [4.69, 9.17) is 4.74 Å². The largest absolute Gasteiger partial charge is 0.497 e. The van der Waals surface area contributed by atoms with Crippen LogP contribution in [0.2, 0.25) is 0 Å². The molecular formula is C22H23N3O4. The van der Waals surface area contributed by atoms with Crippen molar-refractivity contribution in [3.05, 3.63) is 76.7 Å². The molecule has 29 heavy (non-hydrogen) atoms. The molecule has 7 nitrogen and oxygen atoms in total. The SMILES string of the molecule is COc1ccc(CCCNc2cnc(-c3ccccc3)n(CC(=O)O)c2=O)cc1. The molecule has 0 atom stereocenters. The topological polar surface area (TPSA) is 93.4 Å². The Bertz CT molecular complexity index is 1010. The third-order valence-electron chi connectivity index (χ3n) is 4.49. The number of rotatable bonds is 9. The van der Waals surface area contributed by atoms with Crippen LogP contribution in [0.15, 0.2) is 65.6 Å². The van der Waals surface area contributed by atoms with E-state index in [2.05, 4.69) is 10.3 Å². The molecule has 0 aliphatic rings. The first-order chi connectivity index (χ1) is 14.1. The summed E-state index contributed by atoms with van der Waals surface area (Å²) in [6.45, 7) is 0.123. The van der Waals surface area contributed by atoms with Crippen molar-refractivity contribution < 1.29 is 14.6 Å². The van der Waals surface area contributed by atoms with E-state index in [9.17, 15) is 14.7 Å². The Hall–Kier alpha value is -3.61. The summed E-state index contributed by atoms with van der Waals surface area (Å²) in [6, 6.07) is 16.9. The zero-order valence-electron chi connectivity index (χ0n) is 16.2. The van der Waals surface area contributed by atoms with Gasteiger partial charge in [-0.25, -0.2) is 4.98 Å². The van der Waals surface area contributed by atoms with Gasteiger partial charge in [0, 0.05) is 12.1 Å². The first-order valence-corrected chi connectivity index (χ1v) is 9.32. The number of aryl methyl sites for hydroxylation is 1. The Morgan fingerprint density at radius 2 is 1.86 bits per heavy atom. The van der Waals surface area contributed by atoms with Crippen molar-refractivity contribution >= 4 is 11.7 Å². The maximum atomic E-state index is 12.8. The Balaban J connectivity index is 1.70. The monoisotopic (exact) mass is 393 g/mol. The number of methoxy groups -OCH3 is 1. The third-order valence-corrected chi connectivity index (χ3v) is 4.49. The number of carboxylic acid groups (broad SMARTS) is 1. The summed E-state index contributed by atoms with van der Waals surface area (Å²) >= 11 is 0. The van der Waals surface area contributed by atoms with E-state index in [1.807, 2.05) is 42.5 Å². The Morgan fingerprint density at radius 3 is 2.52 bits per heavy atom. The third kappa shape index (κ3) is 5.22. The lowest BCUT2D eigenvalue weighted by Crippen LogP contribution is -2.29. The lowest BCUT2D eigenvalue weighted by Gasteiger charge is -2.13. The number of carbonyl (C=O) groups is 1. The summed E-state index contributed by atoms with van der Waals surface area (Å²) < 4.78 is 6.33. The van der Waals surface area contributed by atoms with Gasteiger partial charge in [0.25, 0.3) is 5.56 Å². The number of anilines is 1. The lowest BCUT2D eigenvalue weighted by atomic mass is 10.1. The molecule has 0 aliphatic carbocycles. The second-order valence-electron chi connectivity index (χ2n) is 6.52. The highest BCUT2D eigenvalue weighted by Crippen LogP contribution is 2.16. The van der Waals surface area contributed by atoms with Crippen molar-refractivity contribution in [2.24, 2.45) is 0 Å². The second-order valence-corrected chi connectivity index (χ2v) is 6.52. The summed E-state index contributed by atoms with van der Waals surface area (Å²) in [7, 11) is 1.63. The molecule has 0 aliphatic heterocycles. The van der Waals surface area contributed by atoms with Crippen molar-refractivity contribution in [2.45, 2.75) is 19.4 Å². The van der Waals surface area contributed by atoms with Gasteiger partial charge in [-0.3, -0.25) is 14.2 Å². The fourth-order valence-electron chi connectivity index (χ4n) is 3.02. The minimum atomic E-state index is -1.09. The first kappa shape index (κ1) is 20.1. The average Bonchev–Trinajstić information content (AvgIpc) is 2.74. The predicted octanol–water partition coefficient (Wildman–Crippen LogP) is 3.05. The van der Waals surface area contributed by atoms with Crippen LogP contribution in [0, 0.1) is 0 Å². The second kappa shape index (κ2) is 9.54. The van der Waals surface area contributed by atoms with Gasteiger partial charge in [0.15, 0.2) is 0 Å². The maximum Gasteiger partial charge on any atom is 0.323 e. The summed E-state index contributed by atoms with van der Waals surface area (Å²) in [5, 5.41) is 12.3. The molecule has 1 heterocycles. The lowest BCUT2D eigenvalue weighted by molar-refractivity contribution is -0.137. The molecule has 2 N–H and O–H groups in total. The number of hydrogen-bond donors (Lipinski definition) is 2. The van der Waals surface area contributed by atoms with Gasteiger partial charge in [0.05, 0.1) is 13.3 Å². The molecule has 0 amide bonds. The highest BCUT2D eigenvalue weighted by atomic mass is 16.5. The van der Waals surface area contributed by atoms with Gasteiger partial charge < -0.3 is 15.2 Å². The fraction of sp³-hybridized carbons (Fsp3) is 0.227. The Labute approximate surface area is 168 Å². The highest BCUT2D eigenvalue weighted by molar-refractivity contribution is 5.68. The van der Waals surface area contributed by atoms with E-state index in [1.54, 1.807) is 19.2 Å². The number of nitrogens with zero attached hydrogens (tertiary/aromatic N) is 2. The van der Waals surface area contributed by atoms with Crippen molar-refractivity contribution in [3.63, 3.8) is 0 Å². The van der Waals surface area contributed by atoms with Crippen molar-refractivity contribution in [1.82, 2.24) is 9.55 Å². The maximum absolute atomic E-state index is 12.8. The fourth-order valence-corrected chi connectivity index (χ4v) is 3.02. The minimum Gasteiger partial charge on any atom is -0.497 e. The van der Waals surface area contributed by atoms with Crippen LogP contribution in [0.5, 0.6) is 5.75 Å². The van der Waals surface area contributed by atoms with Crippen molar-refractivity contribution in [1.29, 1.82) is 0 Å². The number of aliphatic carboxylic acids is 1. The molecule has 0 bridgehead atoms. The normalized spacial score (nSPS) is 10.5. The molecule has 0 spiro atoms. The van der Waals surface area contributed by atoms with E-state index in [-0.39, 0.29) is 0 Å². The van der Waals surface area contributed by atoms with Crippen LogP contribution in [-0.4, -0.2) is 34.3 Å². The van der Waals surface area contributed by atoms with E-state index in [0.717, 1.165) is 18.6 Å². The van der Waals surface area contributed by atoms with Crippen LogP contribution in [0.4, 0.5) is 5.69 Å². The zero-order chi connectivity index (χ0) is 20.6. The zero-order valence-corrected chi connectivity index (χ0v) is 16.2. The van der Waals surface area contributed by atoms with Crippen LogP contribution in [-0.2, 0) is 17.8 Å². The van der Waals surface area contributed by atoms with E-state index in [0.29, 0.717) is 23.6 Å². The molecule has 150 valence electrons. The first-order valence-electron chi connectivity index (χ1n) is 9.32. The van der Waals surface area contributed by atoms with Crippen LogP contribution in [0.3, 0.4) is 0 Å². The molecule has 7 heteroatoms. The molecule has 2 aromatic carbocycles. The molecule has 0 fully saturated rings. The van der Waals surface area contributed by atoms with Crippen molar-refractivity contribution in [3.8, 4) is 17.1 Å². The molecular weight excluding hydrogens is 370 g/mol. The van der Waals surface area contributed by atoms with Crippen LogP contribution < -0.4 is 15.6 Å². The smallest absolute Gasteiger partial charge is 0.323 e. The minimum absolute atomic E-state index is 0.292. The van der Waals surface area contributed by atoms with Gasteiger partial charge in [-0.15, -0.1) is 0 Å². The van der Waals surface area contributed by atoms with Crippen LogP contribution >= 0.6 is 0 Å². The van der Waals surface area contributed by atoms with Gasteiger partial charge >= 0.3 is 5.97 Å². The number of ether oxygens (including phenoxy) is 1. The predicted molar refractivity (Wildman–Crippen MR) is 111 cm³/mol. The molecule has 0 unspecified atom stereocenters. The summed E-state index contributed by atoms with van der Waals surface area (Å²) in [4.78, 5) is 28.4. The van der Waals surface area contributed by atoms with Gasteiger partial charge in [0.1, 0.15) is 23.8 Å². The number of hydrogen-bond acceptors (Lipinski definition) is 5. The molecule has 0 saturated carbocycles. The van der Waals surface area contributed by atoms with Gasteiger partial charge in [-0.2, -0.15) is 0 Å². The summed E-state index contributed by atoms with van der Waals surface area (Å²) in [6.07, 6.45) is 3.12. The molecule has 1 aromatic heterocycles. The molecule has 3 rings (SSSR count). The summed E-state index contributed by atoms with van der Waals surface area (Å²) in [5.74, 6) is 0.0555. The highest BCUT2D eigenvalue weighted by Gasteiger charge is 2.14. The van der Waals surface area contributed by atoms with Crippen molar-refractivity contribution in [2.75, 3.05) is 19.0 Å².